The molecule has 0 aliphatic carbocycles. The Labute approximate surface area is 101 Å². The lowest BCUT2D eigenvalue weighted by Gasteiger charge is -2.12. The van der Waals surface area contributed by atoms with E-state index in [4.69, 9.17) is 5.73 Å². The summed E-state index contributed by atoms with van der Waals surface area (Å²) in [5.74, 6) is 0.952. The van der Waals surface area contributed by atoms with Crippen molar-refractivity contribution in [1.82, 2.24) is 14.3 Å². The first kappa shape index (κ1) is 13.7. The quantitative estimate of drug-likeness (QED) is 0.751. The first-order valence-corrected chi connectivity index (χ1v) is 6.66. The highest BCUT2D eigenvalue weighted by Gasteiger charge is 2.13. The van der Waals surface area contributed by atoms with Crippen LogP contribution in [0.3, 0.4) is 0 Å². The van der Waals surface area contributed by atoms with Crippen LogP contribution in [-0.4, -0.2) is 49.1 Å². The number of hydrogen-bond donors (Lipinski definition) is 2. The maximum atomic E-state index is 11.5. The average molecular weight is 259 g/mol. The molecule has 7 nitrogen and oxygen atoms in total. The van der Waals surface area contributed by atoms with Crippen molar-refractivity contribution in [2.45, 2.75) is 6.92 Å². The van der Waals surface area contributed by atoms with Gasteiger partial charge in [-0.25, -0.2) is 22.7 Å². The lowest BCUT2D eigenvalue weighted by atomic mass is 10.3. The highest BCUT2D eigenvalue weighted by Crippen LogP contribution is 2.14. The van der Waals surface area contributed by atoms with E-state index in [2.05, 4.69) is 15.3 Å². The molecule has 1 aromatic rings. The van der Waals surface area contributed by atoms with E-state index < -0.39 is 10.0 Å². The zero-order chi connectivity index (χ0) is 13.1. The molecule has 0 saturated heterocycles. The zero-order valence-corrected chi connectivity index (χ0v) is 11.0. The molecule has 0 fully saturated rings. The van der Waals surface area contributed by atoms with Crippen molar-refractivity contribution in [3.63, 3.8) is 0 Å². The zero-order valence-electron chi connectivity index (χ0n) is 10.1. The van der Waals surface area contributed by atoms with Gasteiger partial charge in [0.05, 0.1) is 5.75 Å². The molecule has 0 radical (unpaired) electrons. The summed E-state index contributed by atoms with van der Waals surface area (Å²) >= 11 is 0. The number of anilines is 2. The maximum Gasteiger partial charge on any atom is 0.215 e. The summed E-state index contributed by atoms with van der Waals surface area (Å²) < 4.78 is 24.2. The summed E-state index contributed by atoms with van der Waals surface area (Å²) in [6.07, 6.45) is 1.34. The van der Waals surface area contributed by atoms with Gasteiger partial charge < -0.3 is 11.1 Å². The van der Waals surface area contributed by atoms with Gasteiger partial charge in [-0.3, -0.25) is 0 Å². The highest BCUT2D eigenvalue weighted by molar-refractivity contribution is 7.89. The van der Waals surface area contributed by atoms with Crippen LogP contribution in [0.4, 0.5) is 11.6 Å². The molecular weight excluding hydrogens is 242 g/mol. The molecule has 0 spiro atoms. The van der Waals surface area contributed by atoms with Crippen LogP contribution in [0, 0.1) is 6.92 Å². The van der Waals surface area contributed by atoms with Gasteiger partial charge in [0, 0.05) is 26.2 Å². The minimum atomic E-state index is -3.20. The SMILES string of the molecule is Cc1c(N)ncnc1NCCS(=O)(=O)N(C)C. The monoisotopic (exact) mass is 259 g/mol. The molecule has 3 N–H and O–H groups in total. The standard InChI is InChI=1S/C9H17N5O2S/c1-7-8(10)12-6-13-9(7)11-4-5-17(15,16)14(2)3/h6H,4-5H2,1-3H3,(H3,10,11,12,13). The summed E-state index contributed by atoms with van der Waals surface area (Å²) in [6, 6.07) is 0. The molecular formula is C9H17N5O2S. The number of aromatic nitrogens is 2. The minimum absolute atomic E-state index is 0.00332. The van der Waals surface area contributed by atoms with Crippen molar-refractivity contribution in [3.05, 3.63) is 11.9 Å². The van der Waals surface area contributed by atoms with E-state index in [1.165, 1.54) is 24.7 Å². The van der Waals surface area contributed by atoms with Crippen LogP contribution in [0.25, 0.3) is 0 Å². The second kappa shape index (κ2) is 5.28. The van der Waals surface area contributed by atoms with Crippen LogP contribution < -0.4 is 11.1 Å². The van der Waals surface area contributed by atoms with Gasteiger partial charge >= 0.3 is 0 Å². The van der Waals surface area contributed by atoms with Crippen molar-refractivity contribution in [2.75, 3.05) is 37.4 Å². The number of nitrogens with one attached hydrogen (secondary N) is 1. The molecule has 1 rings (SSSR count). The molecule has 1 heterocycles. The van der Waals surface area contributed by atoms with E-state index in [-0.39, 0.29) is 12.3 Å². The second-order valence-corrected chi connectivity index (χ2v) is 6.06. The van der Waals surface area contributed by atoms with E-state index in [0.717, 1.165) is 5.56 Å². The Bertz CT molecular complexity index is 486. The normalized spacial score (nSPS) is 11.8. The van der Waals surface area contributed by atoms with E-state index in [1.807, 2.05) is 0 Å². The Balaban J connectivity index is 2.61. The van der Waals surface area contributed by atoms with Crippen LogP contribution in [0.1, 0.15) is 5.56 Å². The fourth-order valence-corrected chi connectivity index (χ4v) is 1.85. The molecule has 0 saturated carbocycles. The molecule has 0 aliphatic rings. The van der Waals surface area contributed by atoms with Crippen LogP contribution in [0.2, 0.25) is 0 Å². The number of nitrogens with zero attached hydrogens (tertiary/aromatic N) is 3. The predicted molar refractivity (Wildman–Crippen MR) is 67.1 cm³/mol. The van der Waals surface area contributed by atoms with Crippen LogP contribution in [0.15, 0.2) is 6.33 Å². The third-order valence-electron chi connectivity index (χ3n) is 2.33. The van der Waals surface area contributed by atoms with Crippen LogP contribution in [-0.2, 0) is 10.0 Å². The number of nitrogens with two attached hydrogens (primary N) is 1. The second-order valence-electron chi connectivity index (χ2n) is 3.76. The smallest absolute Gasteiger partial charge is 0.215 e. The third kappa shape index (κ3) is 3.53. The minimum Gasteiger partial charge on any atom is -0.383 e. The van der Waals surface area contributed by atoms with Crippen molar-refractivity contribution < 1.29 is 8.42 Å². The van der Waals surface area contributed by atoms with Crippen molar-refractivity contribution in [1.29, 1.82) is 0 Å². The Kier molecular flexibility index (Phi) is 4.24. The van der Waals surface area contributed by atoms with Gasteiger partial charge in [0.25, 0.3) is 0 Å². The molecule has 0 bridgehead atoms. The molecule has 0 atom stereocenters. The first-order chi connectivity index (χ1) is 7.84. The number of nitrogen functional groups attached to an aromatic ring is 1. The summed E-state index contributed by atoms with van der Waals surface area (Å²) in [6.45, 7) is 2.05. The van der Waals surface area contributed by atoms with Crippen molar-refractivity contribution in [3.8, 4) is 0 Å². The van der Waals surface area contributed by atoms with E-state index >= 15 is 0 Å². The molecule has 0 aliphatic heterocycles. The van der Waals surface area contributed by atoms with Crippen LogP contribution in [0.5, 0.6) is 0 Å². The van der Waals surface area contributed by atoms with E-state index in [9.17, 15) is 8.42 Å². The first-order valence-electron chi connectivity index (χ1n) is 5.05. The Morgan fingerprint density at radius 2 is 2.06 bits per heavy atom. The van der Waals surface area contributed by atoms with Crippen LogP contribution >= 0.6 is 0 Å². The Morgan fingerprint density at radius 3 is 2.65 bits per heavy atom. The molecule has 96 valence electrons. The van der Waals surface area contributed by atoms with Gasteiger partial charge in [0.2, 0.25) is 10.0 Å². The van der Waals surface area contributed by atoms with Crippen molar-refractivity contribution >= 4 is 21.7 Å². The lowest BCUT2D eigenvalue weighted by molar-refractivity contribution is 0.521. The molecule has 0 unspecified atom stereocenters. The summed E-state index contributed by atoms with van der Waals surface area (Å²) in [5.41, 5.74) is 6.33. The fourth-order valence-electron chi connectivity index (χ4n) is 1.12. The van der Waals surface area contributed by atoms with E-state index in [0.29, 0.717) is 11.6 Å². The largest absolute Gasteiger partial charge is 0.383 e. The lowest BCUT2D eigenvalue weighted by Crippen LogP contribution is -2.28. The topological polar surface area (TPSA) is 101 Å². The third-order valence-corrected chi connectivity index (χ3v) is 4.16. The van der Waals surface area contributed by atoms with Gasteiger partial charge in [-0.05, 0) is 6.92 Å². The van der Waals surface area contributed by atoms with Crippen molar-refractivity contribution in [2.24, 2.45) is 0 Å². The van der Waals surface area contributed by atoms with E-state index in [1.54, 1.807) is 6.92 Å². The molecule has 17 heavy (non-hydrogen) atoms. The molecule has 1 aromatic heterocycles. The fraction of sp³-hybridized carbons (Fsp3) is 0.556. The van der Waals surface area contributed by atoms with Gasteiger partial charge in [-0.1, -0.05) is 0 Å². The number of hydrogen-bond acceptors (Lipinski definition) is 6. The van der Waals surface area contributed by atoms with Gasteiger partial charge in [-0.2, -0.15) is 0 Å². The Hall–Kier alpha value is -1.41. The summed E-state index contributed by atoms with van der Waals surface area (Å²) in [4.78, 5) is 7.82. The highest BCUT2D eigenvalue weighted by atomic mass is 32.2. The number of rotatable bonds is 5. The van der Waals surface area contributed by atoms with Gasteiger partial charge in [-0.15, -0.1) is 0 Å². The molecule has 8 heteroatoms. The molecule has 0 amide bonds. The predicted octanol–water partition coefficient (Wildman–Crippen LogP) is -0.329. The average Bonchev–Trinajstić information content (AvgIpc) is 2.24. The maximum absolute atomic E-state index is 11.5. The molecule has 0 aromatic carbocycles. The summed E-state index contributed by atoms with van der Waals surface area (Å²) in [7, 11) is -0.189. The van der Waals surface area contributed by atoms with Gasteiger partial charge in [0.15, 0.2) is 0 Å². The summed E-state index contributed by atoms with van der Waals surface area (Å²) in [5, 5.41) is 2.93. The number of sulfonamides is 1. The van der Waals surface area contributed by atoms with Gasteiger partial charge in [0.1, 0.15) is 18.0 Å². The Morgan fingerprint density at radius 1 is 1.41 bits per heavy atom.